The van der Waals surface area contributed by atoms with Crippen molar-refractivity contribution in [2.45, 2.75) is 24.5 Å². The third-order valence-corrected chi connectivity index (χ3v) is 5.54. The van der Waals surface area contributed by atoms with Gasteiger partial charge in [-0.1, -0.05) is 30.3 Å². The lowest BCUT2D eigenvalue weighted by Crippen LogP contribution is -2.41. The number of anilines is 1. The SMILES string of the molecule is [2H]C([2H])([2H])NC(=O)[C@H]1O[C@@H](n2cnc3c(NC([2H])([2H])[2H])nc(-c4cncc(-c5ccccc5)c4)nc32)[C@H](O)[C@@H]1O. The van der Waals surface area contributed by atoms with Gasteiger partial charge in [0.15, 0.2) is 35.1 Å². The molecule has 0 saturated carbocycles. The van der Waals surface area contributed by atoms with Crippen LogP contribution in [-0.4, -0.2) is 72.9 Å². The lowest BCUT2D eigenvalue weighted by atomic mass is 10.1. The molecule has 4 N–H and O–H groups in total. The molecule has 0 radical (unpaired) electrons. The zero-order chi connectivity index (χ0) is 28.8. The van der Waals surface area contributed by atoms with E-state index in [-0.39, 0.29) is 22.8 Å². The normalized spacial score (nSPS) is 25.5. The Kier molecular flexibility index (Phi) is 4.09. The number of nitrogens with one attached hydrogen (secondary N) is 2. The molecule has 0 unspecified atom stereocenters. The van der Waals surface area contributed by atoms with E-state index in [2.05, 4.69) is 25.3 Å². The fourth-order valence-corrected chi connectivity index (χ4v) is 3.85. The minimum absolute atomic E-state index is 0.00716. The molecule has 11 nitrogen and oxygen atoms in total. The summed E-state index contributed by atoms with van der Waals surface area (Å²) < 4.78 is 51.4. The predicted octanol–water partition coefficient (Wildman–Crippen LogP) is 0.962. The lowest BCUT2D eigenvalue weighted by Gasteiger charge is -2.17. The van der Waals surface area contributed by atoms with Gasteiger partial charge in [0, 0.05) is 45.7 Å². The van der Waals surface area contributed by atoms with E-state index >= 15 is 0 Å². The van der Waals surface area contributed by atoms with Crippen molar-refractivity contribution in [2.75, 3.05) is 19.3 Å². The number of ether oxygens (including phenoxy) is 1. The second kappa shape index (κ2) is 8.78. The van der Waals surface area contributed by atoms with E-state index < -0.39 is 44.4 Å². The Labute approximate surface area is 202 Å². The van der Waals surface area contributed by atoms with E-state index in [1.165, 1.54) is 17.1 Å². The minimum Gasteiger partial charge on any atom is -0.387 e. The zero-order valence-corrected chi connectivity index (χ0v) is 17.5. The van der Waals surface area contributed by atoms with Crippen LogP contribution < -0.4 is 10.6 Å². The number of carbonyl (C=O) groups is 1. The van der Waals surface area contributed by atoms with Gasteiger partial charge in [0.25, 0.3) is 5.91 Å². The van der Waals surface area contributed by atoms with Gasteiger partial charge >= 0.3 is 0 Å². The summed E-state index contributed by atoms with van der Waals surface area (Å²) >= 11 is 0. The fourth-order valence-electron chi connectivity index (χ4n) is 3.85. The number of aromatic nitrogens is 5. The molecule has 4 heterocycles. The summed E-state index contributed by atoms with van der Waals surface area (Å²) in [5.74, 6) is -1.23. The van der Waals surface area contributed by atoms with E-state index in [9.17, 15) is 15.0 Å². The maximum atomic E-state index is 12.4. The van der Waals surface area contributed by atoms with Gasteiger partial charge in [-0.25, -0.2) is 15.0 Å². The van der Waals surface area contributed by atoms with Gasteiger partial charge in [0.05, 0.1) is 6.33 Å². The number of rotatable bonds is 5. The quantitative estimate of drug-likeness (QED) is 0.337. The smallest absolute Gasteiger partial charge is 0.251 e. The van der Waals surface area contributed by atoms with Crippen LogP contribution in [0.3, 0.4) is 0 Å². The van der Waals surface area contributed by atoms with Gasteiger partial charge in [-0.2, -0.15) is 0 Å². The number of nitrogens with zero attached hydrogens (tertiary/aromatic N) is 5. The lowest BCUT2D eigenvalue weighted by molar-refractivity contribution is -0.137. The van der Waals surface area contributed by atoms with Gasteiger partial charge < -0.3 is 25.6 Å². The molecule has 0 spiro atoms. The predicted molar refractivity (Wildman–Crippen MR) is 124 cm³/mol. The average Bonchev–Trinajstić information content (AvgIpc) is 3.43. The number of carbonyl (C=O) groups excluding carboxylic acids is 1. The Morgan fingerprint density at radius 3 is 2.71 bits per heavy atom. The standard InChI is InChI=1S/C23H23N7O4/c1-24-20-15-21(30(11-27-15)23-17(32)16(31)18(34-23)22(33)25-2)29-19(28-20)14-8-13(9-26-10-14)12-6-4-3-5-7-12/h3-11,16-18,23,31-32H,1-2H3,(H,25,33)(H,24,28,29)/t16-,17+,18-,23+/m0/s1/i1D3,2D3. The summed E-state index contributed by atoms with van der Waals surface area (Å²) in [7, 11) is 0. The van der Waals surface area contributed by atoms with Crippen molar-refractivity contribution in [3.05, 3.63) is 55.1 Å². The molecule has 1 fully saturated rings. The highest BCUT2D eigenvalue weighted by Gasteiger charge is 2.47. The van der Waals surface area contributed by atoms with Crippen molar-refractivity contribution < 1.29 is 28.0 Å². The highest BCUT2D eigenvalue weighted by Crippen LogP contribution is 2.33. The number of imidazole rings is 1. The summed E-state index contributed by atoms with van der Waals surface area (Å²) in [6, 6.07) is 11.2. The summed E-state index contributed by atoms with van der Waals surface area (Å²) in [6.07, 6.45) is -2.29. The zero-order valence-electron chi connectivity index (χ0n) is 23.5. The van der Waals surface area contributed by atoms with Crippen LogP contribution in [0.2, 0.25) is 0 Å². The molecule has 34 heavy (non-hydrogen) atoms. The molecule has 1 aliphatic heterocycles. The van der Waals surface area contributed by atoms with Crippen LogP contribution >= 0.6 is 0 Å². The first-order valence-electron chi connectivity index (χ1n) is 13.2. The maximum absolute atomic E-state index is 12.4. The molecule has 1 aliphatic rings. The second-order valence-corrected chi connectivity index (χ2v) is 7.59. The summed E-state index contributed by atoms with van der Waals surface area (Å²) in [5.41, 5.74) is 2.08. The van der Waals surface area contributed by atoms with Gasteiger partial charge in [-0.15, -0.1) is 0 Å². The maximum Gasteiger partial charge on any atom is 0.251 e. The third-order valence-electron chi connectivity index (χ3n) is 5.54. The Balaban J connectivity index is 1.59. The number of benzene rings is 1. The Morgan fingerprint density at radius 2 is 1.91 bits per heavy atom. The number of aliphatic hydroxyl groups excluding tert-OH is 2. The first-order chi connectivity index (χ1) is 18.8. The van der Waals surface area contributed by atoms with Crippen molar-refractivity contribution in [1.82, 2.24) is 29.8 Å². The van der Waals surface area contributed by atoms with Crippen LogP contribution in [0.25, 0.3) is 33.7 Å². The number of aliphatic hydroxyl groups is 2. The Hall–Kier alpha value is -3.93. The Morgan fingerprint density at radius 1 is 1.09 bits per heavy atom. The Bertz CT molecular complexity index is 1550. The van der Waals surface area contributed by atoms with E-state index in [1.54, 1.807) is 17.6 Å². The summed E-state index contributed by atoms with van der Waals surface area (Å²) in [6.45, 7) is -5.49. The van der Waals surface area contributed by atoms with Crippen molar-refractivity contribution in [2.24, 2.45) is 0 Å². The fraction of sp³-hybridized carbons (Fsp3) is 0.261. The molecule has 0 bridgehead atoms. The van der Waals surface area contributed by atoms with E-state index in [0.29, 0.717) is 5.56 Å². The van der Waals surface area contributed by atoms with Gasteiger partial charge in [0.2, 0.25) is 0 Å². The van der Waals surface area contributed by atoms with E-state index in [4.69, 9.17) is 13.0 Å². The monoisotopic (exact) mass is 467 g/mol. The van der Waals surface area contributed by atoms with Gasteiger partial charge in [0.1, 0.15) is 12.2 Å². The molecule has 4 atom stereocenters. The molecule has 4 aromatic rings. The van der Waals surface area contributed by atoms with Crippen LogP contribution in [-0.2, 0) is 9.53 Å². The van der Waals surface area contributed by atoms with E-state index in [1.807, 2.05) is 30.3 Å². The molecule has 11 heteroatoms. The van der Waals surface area contributed by atoms with E-state index in [0.717, 1.165) is 11.1 Å². The van der Waals surface area contributed by atoms with Gasteiger partial charge in [-0.05, 0) is 11.6 Å². The summed E-state index contributed by atoms with van der Waals surface area (Å²) in [5, 5.41) is 25.2. The third kappa shape index (κ3) is 3.65. The number of pyridine rings is 1. The minimum atomic E-state index is -2.84. The van der Waals surface area contributed by atoms with Crippen LogP contribution in [0.5, 0.6) is 0 Å². The molecule has 5 rings (SSSR count). The second-order valence-electron chi connectivity index (χ2n) is 7.59. The van der Waals surface area contributed by atoms with Crippen molar-refractivity contribution >= 4 is 22.9 Å². The van der Waals surface area contributed by atoms with Crippen molar-refractivity contribution in [3.63, 3.8) is 0 Å². The van der Waals surface area contributed by atoms with Crippen molar-refractivity contribution in [1.29, 1.82) is 0 Å². The van der Waals surface area contributed by atoms with Gasteiger partial charge in [-0.3, -0.25) is 14.3 Å². The average molecular weight is 468 g/mol. The van der Waals surface area contributed by atoms with Crippen LogP contribution in [0.4, 0.5) is 5.82 Å². The number of fused-ring (bicyclic) bond motifs is 1. The molecule has 1 amide bonds. The largest absolute Gasteiger partial charge is 0.387 e. The number of likely N-dealkylation sites (N-methyl/N-ethyl adjacent to an activating group) is 1. The summed E-state index contributed by atoms with van der Waals surface area (Å²) in [4.78, 5) is 29.7. The van der Waals surface area contributed by atoms with Crippen LogP contribution in [0.15, 0.2) is 55.1 Å². The molecule has 3 aromatic heterocycles. The topological polar surface area (TPSA) is 147 Å². The molecular weight excluding hydrogens is 438 g/mol. The number of hydrogen-bond donors (Lipinski definition) is 4. The van der Waals surface area contributed by atoms with Crippen LogP contribution in [0, 0.1) is 0 Å². The molecule has 0 aliphatic carbocycles. The number of amides is 1. The van der Waals surface area contributed by atoms with Crippen molar-refractivity contribution in [3.8, 4) is 22.5 Å². The molecule has 1 aromatic carbocycles. The highest BCUT2D eigenvalue weighted by atomic mass is 16.6. The van der Waals surface area contributed by atoms with Crippen LogP contribution in [0.1, 0.15) is 14.5 Å². The first-order valence-corrected chi connectivity index (χ1v) is 10.2. The molecule has 1 saturated heterocycles. The molecule has 174 valence electrons. The highest BCUT2D eigenvalue weighted by molar-refractivity contribution is 5.85. The molecular formula is C23H23N7O4. The number of hydrogen-bond acceptors (Lipinski definition) is 9. The first kappa shape index (κ1) is 15.8.